The molecular formula is C42H58N3O7S3+. The Labute approximate surface area is 332 Å². The summed E-state index contributed by atoms with van der Waals surface area (Å²) in [5, 5.41) is 9.53. The summed E-state index contributed by atoms with van der Waals surface area (Å²) in [7, 11) is -7.97. The van der Waals surface area contributed by atoms with Crippen LogP contribution in [0.1, 0.15) is 96.6 Å². The second-order valence-corrected chi connectivity index (χ2v) is 19.8. The number of ketones is 1. The molecule has 0 unspecified atom stereocenters. The molecular weight excluding hydrogens is 755 g/mol. The number of anilines is 1. The molecule has 0 fully saturated rings. The lowest BCUT2D eigenvalue weighted by atomic mass is 9.80. The van der Waals surface area contributed by atoms with E-state index in [4.69, 9.17) is 9.96 Å². The van der Waals surface area contributed by atoms with Crippen LogP contribution in [0, 0.1) is 5.41 Å². The summed E-state index contributed by atoms with van der Waals surface area (Å²) in [4.78, 5) is 15.5. The van der Waals surface area contributed by atoms with Crippen molar-refractivity contribution in [3.8, 4) is 0 Å². The Kier molecular flexibility index (Phi) is 15.9. The number of hydrogen-bond acceptors (Lipinski definition) is 8. The van der Waals surface area contributed by atoms with Gasteiger partial charge in [-0.25, -0.2) is 0 Å². The van der Waals surface area contributed by atoms with Crippen LogP contribution in [0.3, 0.4) is 0 Å². The number of nitrogens with two attached hydrogens (primary N) is 1. The van der Waals surface area contributed by atoms with Crippen molar-refractivity contribution in [2.45, 2.75) is 96.3 Å². The fraction of sp³-hybridized carbons (Fsp3) is 0.476. The Morgan fingerprint density at radius 2 is 1.62 bits per heavy atom. The summed E-state index contributed by atoms with van der Waals surface area (Å²) in [5.74, 6) is -0.111. The van der Waals surface area contributed by atoms with E-state index in [9.17, 15) is 26.2 Å². The van der Waals surface area contributed by atoms with Gasteiger partial charge in [-0.3, -0.25) is 13.9 Å². The fourth-order valence-electron chi connectivity index (χ4n) is 7.43. The van der Waals surface area contributed by atoms with Gasteiger partial charge in [0, 0.05) is 46.0 Å². The number of nitrogens with one attached hydrogen (secondary N) is 1. The molecule has 0 spiro atoms. The SMILES string of the molecule is CC(C)(C/C=C/C1=C(SCCC(=O)C=N)C(=C/C=C2/N(CCCCS(=O)(=O)O)c3ccccc3C2(C)C)/CCC1)c1ccccc1[NH2+]CCCCS(=O)(=O)O. The van der Waals surface area contributed by atoms with Crippen LogP contribution in [0.25, 0.3) is 0 Å². The van der Waals surface area contributed by atoms with Crippen LogP contribution < -0.4 is 10.2 Å². The number of thioether (sulfide) groups is 1. The predicted molar refractivity (Wildman–Crippen MR) is 226 cm³/mol. The third-order valence-electron chi connectivity index (χ3n) is 10.4. The molecule has 0 bridgehead atoms. The molecule has 1 heterocycles. The van der Waals surface area contributed by atoms with E-state index in [1.54, 1.807) is 11.8 Å². The topological polar surface area (TPSA) is 170 Å². The van der Waals surface area contributed by atoms with E-state index < -0.39 is 20.2 Å². The van der Waals surface area contributed by atoms with Crippen molar-refractivity contribution in [3.05, 3.63) is 106 Å². The maximum absolute atomic E-state index is 12.1. The highest BCUT2D eigenvalue weighted by atomic mass is 32.2. The van der Waals surface area contributed by atoms with Crippen LogP contribution in [0.2, 0.25) is 0 Å². The molecule has 0 atom stereocenters. The van der Waals surface area contributed by atoms with Gasteiger partial charge in [-0.2, -0.15) is 16.8 Å². The molecule has 2 aromatic carbocycles. The standard InChI is InChI=1S/C42H57N3O7S3/c1-41(2,35-18-5-7-20-37(35)44-26-9-11-29-54(47,48)49)25-14-17-32-15-13-16-33(40(32)53-28-24-34(46)31-43)22-23-39-42(3,4)36-19-6-8-21-38(36)45(39)27-10-12-30-55(50,51)52/h5-8,14,17-23,31,43-44H,9-13,15-16,24-30H2,1-4H3,(H,47,48,49)(H,50,51,52)/p+1/b17-14+,33-22+,39-23+,43-31?. The van der Waals surface area contributed by atoms with E-state index >= 15 is 0 Å². The quantitative estimate of drug-likeness (QED) is 0.0425. The van der Waals surface area contributed by atoms with Gasteiger partial charge >= 0.3 is 0 Å². The second-order valence-electron chi connectivity index (χ2n) is 15.5. The van der Waals surface area contributed by atoms with E-state index in [2.05, 4.69) is 86.5 Å². The van der Waals surface area contributed by atoms with Crippen molar-refractivity contribution in [3.63, 3.8) is 0 Å². The number of carbonyl (C=O) groups excluding carboxylic acids is 1. The normalized spacial score (nSPS) is 17.7. The summed E-state index contributed by atoms with van der Waals surface area (Å²) in [5.41, 5.74) is 7.72. The molecule has 0 saturated heterocycles. The molecule has 1 aliphatic carbocycles. The minimum absolute atomic E-state index is 0.187. The highest BCUT2D eigenvalue weighted by Crippen LogP contribution is 2.48. The average molecular weight is 813 g/mol. The molecule has 300 valence electrons. The number of allylic oxidation sites excluding steroid dienone is 7. The predicted octanol–water partition coefficient (Wildman–Crippen LogP) is 7.83. The zero-order chi connectivity index (χ0) is 40.3. The molecule has 5 N–H and O–H groups in total. The van der Waals surface area contributed by atoms with E-state index in [0.29, 0.717) is 50.9 Å². The van der Waals surface area contributed by atoms with Crippen LogP contribution in [0.15, 0.2) is 94.6 Å². The number of carbonyl (C=O) groups is 1. The number of fused-ring (bicyclic) bond motifs is 1. The van der Waals surface area contributed by atoms with Crippen molar-refractivity contribution in [2.75, 3.05) is 35.2 Å². The first-order valence-corrected chi connectivity index (χ1v) is 23.3. The van der Waals surface area contributed by atoms with Crippen molar-refractivity contribution >= 4 is 55.4 Å². The van der Waals surface area contributed by atoms with E-state index in [0.717, 1.165) is 49.0 Å². The minimum atomic E-state index is -4.02. The van der Waals surface area contributed by atoms with Gasteiger partial charge in [0.05, 0.1) is 24.3 Å². The Morgan fingerprint density at radius 1 is 0.945 bits per heavy atom. The first kappa shape index (κ1) is 44.4. The molecule has 2 aromatic rings. The lowest BCUT2D eigenvalue weighted by molar-refractivity contribution is -0.572. The first-order chi connectivity index (χ1) is 25.9. The number of quaternary nitrogens is 1. The fourth-order valence-corrected chi connectivity index (χ4v) is 9.79. The van der Waals surface area contributed by atoms with Crippen LogP contribution in [-0.2, 0) is 35.9 Å². The Balaban J connectivity index is 1.60. The van der Waals surface area contributed by atoms with Crippen LogP contribution in [-0.4, -0.2) is 68.3 Å². The maximum Gasteiger partial charge on any atom is 0.264 e. The molecule has 0 amide bonds. The molecule has 1 aliphatic heterocycles. The average Bonchev–Trinajstić information content (AvgIpc) is 3.33. The van der Waals surface area contributed by atoms with Gasteiger partial charge in [-0.15, -0.1) is 11.8 Å². The summed E-state index contributed by atoms with van der Waals surface area (Å²) < 4.78 is 63.3. The molecule has 4 rings (SSSR count). The molecule has 0 radical (unpaired) electrons. The number of unbranched alkanes of at least 4 members (excludes halogenated alkanes) is 2. The Hall–Kier alpha value is -3.33. The van der Waals surface area contributed by atoms with Gasteiger partial charge in [0.15, 0.2) is 5.78 Å². The number of rotatable bonds is 21. The van der Waals surface area contributed by atoms with Gasteiger partial charge in [-0.05, 0) is 91.7 Å². The number of nitrogens with zero attached hydrogens (tertiary/aromatic N) is 1. The Bertz CT molecular complexity index is 2030. The molecule has 55 heavy (non-hydrogen) atoms. The maximum atomic E-state index is 12.1. The summed E-state index contributed by atoms with van der Waals surface area (Å²) in [6.45, 7) is 10.2. The first-order valence-electron chi connectivity index (χ1n) is 19.1. The largest absolute Gasteiger partial charge is 0.344 e. The third-order valence-corrected chi connectivity index (χ3v) is 13.2. The zero-order valence-corrected chi connectivity index (χ0v) is 35.0. The molecule has 0 aromatic heterocycles. The number of para-hydroxylation sites is 2. The number of Topliss-reactive ketones (excluding diaryl/α,β-unsaturated/α-hetero) is 1. The monoisotopic (exact) mass is 812 g/mol. The van der Waals surface area contributed by atoms with E-state index in [-0.39, 0.29) is 28.1 Å². The summed E-state index contributed by atoms with van der Waals surface area (Å²) in [6, 6.07) is 16.6. The van der Waals surface area contributed by atoms with Crippen molar-refractivity contribution in [2.24, 2.45) is 0 Å². The van der Waals surface area contributed by atoms with Crippen molar-refractivity contribution in [1.82, 2.24) is 0 Å². The van der Waals surface area contributed by atoms with Crippen molar-refractivity contribution < 1.29 is 36.1 Å². The molecule has 0 saturated carbocycles. The number of hydrogen-bond donors (Lipinski definition) is 4. The van der Waals surface area contributed by atoms with E-state index in [1.165, 1.54) is 27.2 Å². The lowest BCUT2D eigenvalue weighted by Crippen LogP contribution is -2.78. The zero-order valence-electron chi connectivity index (χ0n) is 32.6. The van der Waals surface area contributed by atoms with Gasteiger partial charge < -0.3 is 15.6 Å². The number of benzene rings is 2. The van der Waals surface area contributed by atoms with Crippen LogP contribution in [0.4, 0.5) is 11.4 Å². The molecule has 13 heteroatoms. The van der Waals surface area contributed by atoms with Crippen molar-refractivity contribution in [1.29, 1.82) is 5.41 Å². The Morgan fingerprint density at radius 3 is 2.33 bits per heavy atom. The van der Waals surface area contributed by atoms with E-state index in [1.807, 2.05) is 24.3 Å². The summed E-state index contributed by atoms with van der Waals surface area (Å²) in [6.07, 6.45) is 15.7. The van der Waals surface area contributed by atoms with Crippen LogP contribution in [0.5, 0.6) is 0 Å². The highest BCUT2D eigenvalue weighted by Gasteiger charge is 2.39. The van der Waals surface area contributed by atoms with Crippen LogP contribution >= 0.6 is 11.8 Å². The third kappa shape index (κ3) is 13.1. The van der Waals surface area contributed by atoms with Gasteiger partial charge in [0.1, 0.15) is 5.69 Å². The lowest BCUT2D eigenvalue weighted by Gasteiger charge is -2.27. The van der Waals surface area contributed by atoms with Gasteiger partial charge in [-0.1, -0.05) is 82.3 Å². The summed E-state index contributed by atoms with van der Waals surface area (Å²) >= 11 is 1.67. The molecule has 10 nitrogen and oxygen atoms in total. The van der Waals surface area contributed by atoms with Gasteiger partial charge in [0.25, 0.3) is 20.2 Å². The molecule has 2 aliphatic rings. The second kappa shape index (κ2) is 19.7. The van der Waals surface area contributed by atoms with Gasteiger partial charge in [0.2, 0.25) is 0 Å². The highest BCUT2D eigenvalue weighted by molar-refractivity contribution is 8.03. The minimum Gasteiger partial charge on any atom is -0.344 e. The smallest absolute Gasteiger partial charge is 0.264 e.